The number of benzene rings is 1. The van der Waals surface area contributed by atoms with Gasteiger partial charge in [0.05, 0.1) is 18.2 Å². The number of rotatable bonds is 2. The molecule has 17 heavy (non-hydrogen) atoms. The highest BCUT2D eigenvalue weighted by atomic mass is 16.5. The number of hydrogen-bond acceptors (Lipinski definition) is 2. The Kier molecular flexibility index (Phi) is 2.29. The van der Waals surface area contributed by atoms with Crippen LogP contribution in [0.5, 0.6) is 5.75 Å². The summed E-state index contributed by atoms with van der Waals surface area (Å²) in [6.45, 7) is 0. The van der Waals surface area contributed by atoms with Gasteiger partial charge in [0, 0.05) is 23.5 Å². The summed E-state index contributed by atoms with van der Waals surface area (Å²) in [5, 5.41) is 1.08. The first-order valence-corrected chi connectivity index (χ1v) is 5.45. The van der Waals surface area contributed by atoms with Crippen LogP contribution in [-0.4, -0.2) is 17.1 Å². The lowest BCUT2D eigenvalue weighted by Crippen LogP contribution is -1.85. The van der Waals surface area contributed by atoms with Gasteiger partial charge in [-0.15, -0.1) is 0 Å². The summed E-state index contributed by atoms with van der Waals surface area (Å²) in [5.74, 6) is 0.848. The molecule has 0 aliphatic rings. The van der Waals surface area contributed by atoms with Gasteiger partial charge in [-0.3, -0.25) is 4.98 Å². The predicted molar refractivity (Wildman–Crippen MR) is 68.1 cm³/mol. The molecule has 0 unspecified atom stereocenters. The smallest absolute Gasteiger partial charge is 0.144 e. The maximum Gasteiger partial charge on any atom is 0.144 e. The Morgan fingerprint density at radius 2 is 2.06 bits per heavy atom. The van der Waals surface area contributed by atoms with Gasteiger partial charge in [-0.25, -0.2) is 0 Å². The lowest BCUT2D eigenvalue weighted by Gasteiger charge is -2.04. The zero-order valence-electron chi connectivity index (χ0n) is 9.47. The number of pyridine rings is 1. The van der Waals surface area contributed by atoms with E-state index in [0.29, 0.717) is 0 Å². The molecule has 0 atom stereocenters. The Bertz CT molecular complexity index is 644. The Morgan fingerprint density at radius 1 is 1.12 bits per heavy atom. The van der Waals surface area contributed by atoms with E-state index in [9.17, 15) is 0 Å². The van der Waals surface area contributed by atoms with E-state index in [-0.39, 0.29) is 0 Å². The molecule has 0 fully saturated rings. The highest BCUT2D eigenvalue weighted by Gasteiger charge is 2.10. The van der Waals surface area contributed by atoms with Crippen LogP contribution in [0.3, 0.4) is 0 Å². The van der Waals surface area contributed by atoms with Crippen LogP contribution in [0.1, 0.15) is 0 Å². The molecule has 0 radical (unpaired) electrons. The molecule has 1 N–H and O–H groups in total. The van der Waals surface area contributed by atoms with Crippen molar-refractivity contribution in [1.29, 1.82) is 0 Å². The number of nitrogens with one attached hydrogen (secondary N) is 1. The van der Waals surface area contributed by atoms with Crippen LogP contribution in [0.25, 0.3) is 22.2 Å². The Hall–Kier alpha value is -2.29. The number of ether oxygens (including phenoxy) is 1. The van der Waals surface area contributed by atoms with Crippen molar-refractivity contribution in [3.8, 4) is 17.0 Å². The Labute approximate surface area is 99.1 Å². The summed E-state index contributed by atoms with van der Waals surface area (Å²) in [6.07, 6.45) is 3.67. The number of aromatic amines is 1. The summed E-state index contributed by atoms with van der Waals surface area (Å²) in [4.78, 5) is 7.58. The zero-order chi connectivity index (χ0) is 11.7. The average Bonchev–Trinajstić information content (AvgIpc) is 2.82. The highest BCUT2D eigenvalue weighted by Crippen LogP contribution is 2.33. The molecule has 3 heteroatoms. The van der Waals surface area contributed by atoms with Crippen LogP contribution >= 0.6 is 0 Å². The molecular weight excluding hydrogens is 212 g/mol. The van der Waals surface area contributed by atoms with Gasteiger partial charge in [-0.2, -0.15) is 0 Å². The minimum atomic E-state index is 0.848. The Morgan fingerprint density at radius 3 is 2.82 bits per heavy atom. The first kappa shape index (κ1) is 9.90. The van der Waals surface area contributed by atoms with Crippen molar-refractivity contribution in [2.75, 3.05) is 7.11 Å². The van der Waals surface area contributed by atoms with E-state index < -0.39 is 0 Å². The second-order valence-electron chi connectivity index (χ2n) is 3.80. The molecule has 0 saturated heterocycles. The molecule has 1 aromatic carbocycles. The van der Waals surface area contributed by atoms with Gasteiger partial charge >= 0.3 is 0 Å². The van der Waals surface area contributed by atoms with E-state index in [1.807, 2.05) is 36.5 Å². The fourth-order valence-corrected chi connectivity index (χ4v) is 2.05. The molecule has 0 aliphatic heterocycles. The van der Waals surface area contributed by atoms with E-state index in [0.717, 1.165) is 27.9 Å². The Balaban J connectivity index is 2.33. The number of hydrogen-bond donors (Lipinski definition) is 1. The third kappa shape index (κ3) is 1.56. The van der Waals surface area contributed by atoms with Crippen LogP contribution < -0.4 is 4.74 Å². The molecule has 3 nitrogen and oxygen atoms in total. The van der Waals surface area contributed by atoms with Crippen molar-refractivity contribution >= 4 is 10.9 Å². The molecule has 84 valence electrons. The van der Waals surface area contributed by atoms with Gasteiger partial charge in [0.25, 0.3) is 0 Å². The average molecular weight is 224 g/mol. The summed E-state index contributed by atoms with van der Waals surface area (Å²) in [5.41, 5.74) is 3.10. The second kappa shape index (κ2) is 3.94. The minimum absolute atomic E-state index is 0.848. The second-order valence-corrected chi connectivity index (χ2v) is 3.80. The maximum atomic E-state index is 5.37. The number of H-pyrrole nitrogens is 1. The third-order valence-corrected chi connectivity index (χ3v) is 2.83. The summed E-state index contributed by atoms with van der Waals surface area (Å²) in [7, 11) is 1.68. The monoisotopic (exact) mass is 224 g/mol. The van der Waals surface area contributed by atoms with Gasteiger partial charge in [-0.05, 0) is 18.2 Å². The van der Waals surface area contributed by atoms with E-state index in [1.165, 1.54) is 0 Å². The van der Waals surface area contributed by atoms with Crippen molar-refractivity contribution in [1.82, 2.24) is 9.97 Å². The molecule has 2 aromatic heterocycles. The molecular formula is C14H12N2O. The molecule has 0 spiro atoms. The quantitative estimate of drug-likeness (QED) is 0.725. The molecule has 3 aromatic rings. The number of aromatic nitrogens is 2. The fraction of sp³-hybridized carbons (Fsp3) is 0.0714. The number of nitrogens with zero attached hydrogens (tertiary/aromatic N) is 1. The van der Waals surface area contributed by atoms with E-state index in [4.69, 9.17) is 4.74 Å². The molecule has 0 aliphatic carbocycles. The molecule has 0 bridgehead atoms. The normalized spacial score (nSPS) is 10.6. The summed E-state index contributed by atoms with van der Waals surface area (Å²) in [6, 6.07) is 12.0. The topological polar surface area (TPSA) is 37.9 Å². The zero-order valence-corrected chi connectivity index (χ0v) is 9.47. The van der Waals surface area contributed by atoms with Crippen molar-refractivity contribution in [2.24, 2.45) is 0 Å². The highest BCUT2D eigenvalue weighted by molar-refractivity contribution is 5.98. The van der Waals surface area contributed by atoms with Gasteiger partial charge in [0.15, 0.2) is 0 Å². The van der Waals surface area contributed by atoms with Crippen molar-refractivity contribution < 1.29 is 4.74 Å². The van der Waals surface area contributed by atoms with Gasteiger partial charge in [0.1, 0.15) is 5.75 Å². The van der Waals surface area contributed by atoms with Crippen LogP contribution in [0.15, 0.2) is 48.8 Å². The van der Waals surface area contributed by atoms with E-state index in [1.54, 1.807) is 13.3 Å². The standard InChI is InChI=1S/C14H12N2O/c1-17-13-9-16-12-7-4-5-10(14(12)13)11-6-2-3-8-15-11/h2-9,16H,1H3. The molecule has 0 saturated carbocycles. The lowest BCUT2D eigenvalue weighted by atomic mass is 10.1. The lowest BCUT2D eigenvalue weighted by molar-refractivity contribution is 0.420. The third-order valence-electron chi connectivity index (χ3n) is 2.83. The summed E-state index contributed by atoms with van der Waals surface area (Å²) >= 11 is 0. The number of fused-ring (bicyclic) bond motifs is 1. The predicted octanol–water partition coefficient (Wildman–Crippen LogP) is 3.24. The van der Waals surface area contributed by atoms with Crippen molar-refractivity contribution in [3.05, 3.63) is 48.8 Å². The van der Waals surface area contributed by atoms with Crippen LogP contribution in [0.2, 0.25) is 0 Å². The first-order chi connectivity index (χ1) is 8.40. The van der Waals surface area contributed by atoms with E-state index >= 15 is 0 Å². The molecule has 3 rings (SSSR count). The minimum Gasteiger partial charge on any atom is -0.494 e. The van der Waals surface area contributed by atoms with E-state index in [2.05, 4.69) is 16.0 Å². The first-order valence-electron chi connectivity index (χ1n) is 5.45. The number of methoxy groups -OCH3 is 1. The van der Waals surface area contributed by atoms with Gasteiger partial charge in [0.2, 0.25) is 0 Å². The van der Waals surface area contributed by atoms with Crippen LogP contribution in [-0.2, 0) is 0 Å². The van der Waals surface area contributed by atoms with Crippen LogP contribution in [0, 0.1) is 0 Å². The van der Waals surface area contributed by atoms with Crippen molar-refractivity contribution in [3.63, 3.8) is 0 Å². The largest absolute Gasteiger partial charge is 0.494 e. The molecule has 0 amide bonds. The SMILES string of the molecule is COc1c[nH]c2cccc(-c3ccccn3)c12. The van der Waals surface area contributed by atoms with Crippen molar-refractivity contribution in [2.45, 2.75) is 0 Å². The van der Waals surface area contributed by atoms with Gasteiger partial charge < -0.3 is 9.72 Å². The molecule has 2 heterocycles. The van der Waals surface area contributed by atoms with Crippen LogP contribution in [0.4, 0.5) is 0 Å². The fourth-order valence-electron chi connectivity index (χ4n) is 2.05. The van der Waals surface area contributed by atoms with Gasteiger partial charge in [-0.1, -0.05) is 18.2 Å². The summed E-state index contributed by atoms with van der Waals surface area (Å²) < 4.78 is 5.37. The maximum absolute atomic E-state index is 5.37.